The minimum absolute atomic E-state index is 0.300. The molecule has 0 aliphatic rings. The molecule has 0 unspecified atom stereocenters. The number of hydrogen-bond acceptors (Lipinski definition) is 4. The maximum Gasteiger partial charge on any atom is 0.330 e. The highest BCUT2D eigenvalue weighted by Crippen LogP contribution is 2.13. The fourth-order valence-corrected chi connectivity index (χ4v) is 2.97. The van der Waals surface area contributed by atoms with Crippen LogP contribution in [0.15, 0.2) is 25.3 Å². The SMILES string of the molecule is C=CC(=O)OC.C=CC(=O)OCCCCCCCCCCCCCCCCCC. The zero-order valence-electron chi connectivity index (χ0n) is 19.2. The van der Waals surface area contributed by atoms with E-state index < -0.39 is 5.97 Å². The van der Waals surface area contributed by atoms with Crippen LogP contribution in [0.5, 0.6) is 0 Å². The maximum atomic E-state index is 10.8. The van der Waals surface area contributed by atoms with Crippen molar-refractivity contribution in [3.63, 3.8) is 0 Å². The molecule has 4 nitrogen and oxygen atoms in total. The minimum atomic E-state index is -0.394. The molecule has 0 heterocycles. The number of unbranched alkanes of at least 4 members (excludes halogenated alkanes) is 15. The van der Waals surface area contributed by atoms with Gasteiger partial charge < -0.3 is 9.47 Å². The smallest absolute Gasteiger partial charge is 0.330 e. The predicted octanol–water partition coefficient (Wildman–Crippen LogP) is 7.32. The van der Waals surface area contributed by atoms with Crippen LogP contribution in [0.1, 0.15) is 110 Å². The van der Waals surface area contributed by atoms with Crippen LogP contribution in [0.3, 0.4) is 0 Å². The van der Waals surface area contributed by atoms with E-state index in [9.17, 15) is 9.59 Å². The number of rotatable bonds is 19. The Labute approximate surface area is 180 Å². The van der Waals surface area contributed by atoms with Gasteiger partial charge in [0, 0.05) is 12.2 Å². The molecule has 170 valence electrons. The van der Waals surface area contributed by atoms with Gasteiger partial charge in [0.05, 0.1) is 13.7 Å². The van der Waals surface area contributed by atoms with E-state index in [1.165, 1.54) is 109 Å². The first-order valence-corrected chi connectivity index (χ1v) is 11.6. The Balaban J connectivity index is 0. The molecule has 0 aliphatic carbocycles. The lowest BCUT2D eigenvalue weighted by Crippen LogP contribution is -2.01. The van der Waals surface area contributed by atoms with Gasteiger partial charge in [0.1, 0.15) is 0 Å². The molecule has 0 radical (unpaired) electrons. The Morgan fingerprint density at radius 3 is 1.24 bits per heavy atom. The first-order chi connectivity index (χ1) is 14.1. The third-order valence-corrected chi connectivity index (χ3v) is 4.78. The second-order valence-corrected chi connectivity index (χ2v) is 7.40. The first kappa shape index (κ1) is 29.6. The molecule has 0 aromatic heterocycles. The molecule has 0 amide bonds. The average Bonchev–Trinajstić information content (AvgIpc) is 2.75. The van der Waals surface area contributed by atoms with Crippen LogP contribution in [0.25, 0.3) is 0 Å². The zero-order valence-corrected chi connectivity index (χ0v) is 19.2. The quantitative estimate of drug-likeness (QED) is 0.127. The Morgan fingerprint density at radius 2 is 0.966 bits per heavy atom. The van der Waals surface area contributed by atoms with Crippen molar-refractivity contribution in [1.82, 2.24) is 0 Å². The third kappa shape index (κ3) is 28.7. The van der Waals surface area contributed by atoms with Gasteiger partial charge in [-0.1, -0.05) is 116 Å². The van der Waals surface area contributed by atoms with Crippen molar-refractivity contribution in [2.45, 2.75) is 110 Å². The lowest BCUT2D eigenvalue weighted by atomic mass is 10.0. The Bertz CT molecular complexity index is 390. The number of esters is 2. The highest BCUT2D eigenvalue weighted by molar-refractivity contribution is 5.81. The summed E-state index contributed by atoms with van der Waals surface area (Å²) in [5, 5.41) is 0. The molecule has 0 aliphatic heterocycles. The molecule has 0 aromatic carbocycles. The van der Waals surface area contributed by atoms with Crippen molar-refractivity contribution < 1.29 is 19.1 Å². The van der Waals surface area contributed by atoms with Crippen molar-refractivity contribution in [2.75, 3.05) is 13.7 Å². The predicted molar refractivity (Wildman–Crippen MR) is 123 cm³/mol. The topological polar surface area (TPSA) is 52.6 Å². The molecule has 0 N–H and O–H groups in total. The summed E-state index contributed by atoms with van der Waals surface area (Å²) in [5.41, 5.74) is 0. The molecule has 0 rings (SSSR count). The molecule has 0 spiro atoms. The van der Waals surface area contributed by atoms with E-state index in [1.54, 1.807) is 0 Å². The molecule has 0 bridgehead atoms. The largest absolute Gasteiger partial charge is 0.466 e. The van der Waals surface area contributed by atoms with E-state index in [2.05, 4.69) is 24.8 Å². The van der Waals surface area contributed by atoms with Crippen molar-refractivity contribution in [2.24, 2.45) is 0 Å². The van der Waals surface area contributed by atoms with E-state index >= 15 is 0 Å². The molecular formula is C25H46O4. The van der Waals surface area contributed by atoms with Gasteiger partial charge in [-0.25, -0.2) is 9.59 Å². The van der Waals surface area contributed by atoms with Crippen LogP contribution in [0, 0.1) is 0 Å². The van der Waals surface area contributed by atoms with Crippen molar-refractivity contribution in [3.05, 3.63) is 25.3 Å². The standard InChI is InChI=1S/C21H40O2.C4H6O2/c1-3-5-6-7-8-9-10-11-12-13-14-15-16-17-18-19-20-23-21(22)4-2;1-3-4(5)6-2/h4H,2-3,5-20H2,1H3;3H,1H2,2H3. The summed E-state index contributed by atoms with van der Waals surface area (Å²) in [6.07, 6.45) is 24.1. The number of methoxy groups -OCH3 is 1. The number of carbonyl (C=O) groups excluding carboxylic acids is 2. The molecular weight excluding hydrogens is 364 g/mol. The van der Waals surface area contributed by atoms with Gasteiger partial charge in [0.15, 0.2) is 0 Å². The van der Waals surface area contributed by atoms with E-state index in [0.29, 0.717) is 6.61 Å². The highest BCUT2D eigenvalue weighted by atomic mass is 16.5. The van der Waals surface area contributed by atoms with Crippen molar-refractivity contribution in [3.8, 4) is 0 Å². The molecule has 0 aromatic rings. The van der Waals surface area contributed by atoms with Crippen LogP contribution < -0.4 is 0 Å². The summed E-state index contributed by atoms with van der Waals surface area (Å²) < 4.78 is 9.10. The van der Waals surface area contributed by atoms with E-state index in [-0.39, 0.29) is 5.97 Å². The molecule has 4 heteroatoms. The Hall–Kier alpha value is -1.58. The van der Waals surface area contributed by atoms with Crippen LogP contribution in [0.2, 0.25) is 0 Å². The van der Waals surface area contributed by atoms with Gasteiger partial charge in [0.25, 0.3) is 0 Å². The molecule has 0 saturated carbocycles. The summed E-state index contributed by atoms with van der Waals surface area (Å²) in [6, 6.07) is 0. The lowest BCUT2D eigenvalue weighted by molar-refractivity contribution is -0.138. The summed E-state index contributed by atoms with van der Waals surface area (Å²) in [4.78, 5) is 20.7. The number of hydrogen-bond donors (Lipinski definition) is 0. The normalized spacial score (nSPS) is 9.86. The van der Waals surface area contributed by atoms with Crippen molar-refractivity contribution in [1.29, 1.82) is 0 Å². The molecule has 0 fully saturated rings. The van der Waals surface area contributed by atoms with E-state index in [0.717, 1.165) is 12.5 Å². The summed E-state index contributed by atoms with van der Waals surface area (Å²) in [5.74, 6) is -0.694. The van der Waals surface area contributed by atoms with Gasteiger partial charge >= 0.3 is 11.9 Å². The summed E-state index contributed by atoms with van der Waals surface area (Å²) >= 11 is 0. The van der Waals surface area contributed by atoms with E-state index in [1.807, 2.05) is 0 Å². The second-order valence-electron chi connectivity index (χ2n) is 7.40. The average molecular weight is 411 g/mol. The molecule has 29 heavy (non-hydrogen) atoms. The van der Waals surface area contributed by atoms with Gasteiger partial charge in [-0.3, -0.25) is 0 Å². The van der Waals surface area contributed by atoms with Gasteiger partial charge in [0.2, 0.25) is 0 Å². The highest BCUT2D eigenvalue weighted by Gasteiger charge is 1.96. The van der Waals surface area contributed by atoms with Crippen LogP contribution >= 0.6 is 0 Å². The van der Waals surface area contributed by atoms with E-state index in [4.69, 9.17) is 4.74 Å². The number of carbonyl (C=O) groups is 2. The van der Waals surface area contributed by atoms with Crippen LogP contribution in [-0.4, -0.2) is 25.7 Å². The first-order valence-electron chi connectivity index (χ1n) is 11.6. The van der Waals surface area contributed by atoms with Gasteiger partial charge in [-0.15, -0.1) is 0 Å². The van der Waals surface area contributed by atoms with Gasteiger partial charge in [-0.2, -0.15) is 0 Å². The summed E-state index contributed by atoms with van der Waals surface area (Å²) in [7, 11) is 1.31. The maximum absolute atomic E-state index is 10.8. The van der Waals surface area contributed by atoms with Crippen molar-refractivity contribution >= 4 is 11.9 Å². The second kappa shape index (κ2) is 26.4. The fraction of sp³-hybridized carbons (Fsp3) is 0.760. The molecule has 0 atom stereocenters. The number of ether oxygens (including phenoxy) is 2. The zero-order chi connectivity index (χ0) is 22.0. The Morgan fingerprint density at radius 1 is 0.621 bits per heavy atom. The minimum Gasteiger partial charge on any atom is -0.466 e. The summed E-state index contributed by atoms with van der Waals surface area (Å²) in [6.45, 7) is 9.36. The fourth-order valence-electron chi connectivity index (χ4n) is 2.97. The Kier molecular flexibility index (Phi) is 27.0. The monoisotopic (exact) mass is 410 g/mol. The molecule has 0 saturated heterocycles. The van der Waals surface area contributed by atoms with Crippen LogP contribution in [0.4, 0.5) is 0 Å². The van der Waals surface area contributed by atoms with Crippen LogP contribution in [-0.2, 0) is 19.1 Å². The lowest BCUT2D eigenvalue weighted by Gasteiger charge is -2.04. The third-order valence-electron chi connectivity index (χ3n) is 4.78. The van der Waals surface area contributed by atoms with Gasteiger partial charge in [-0.05, 0) is 6.42 Å².